The monoisotopic (exact) mass is 292 g/mol. The Morgan fingerprint density at radius 2 is 1.71 bits per heavy atom. The van der Waals surface area contributed by atoms with E-state index in [-0.39, 0.29) is 5.78 Å². The molecular weight excluding hydrogens is 260 g/mol. The Morgan fingerprint density at radius 3 is 2.29 bits per heavy atom. The average molecular weight is 292 g/mol. The molecule has 0 amide bonds. The molecule has 0 aromatic carbocycles. The molecule has 0 fully saturated rings. The summed E-state index contributed by atoms with van der Waals surface area (Å²) in [5, 5.41) is 0. The molecule has 2 nitrogen and oxygen atoms in total. The van der Waals surface area contributed by atoms with Crippen LogP contribution >= 0.6 is 0 Å². The van der Waals surface area contributed by atoms with Crippen LogP contribution in [0.3, 0.4) is 0 Å². The van der Waals surface area contributed by atoms with Crippen molar-refractivity contribution < 1.29 is 9.53 Å². The van der Waals surface area contributed by atoms with Crippen LogP contribution in [0.2, 0.25) is 0 Å². The third-order valence-corrected chi connectivity index (χ3v) is 2.41. The second kappa shape index (κ2) is 18.4. The lowest BCUT2D eigenvalue weighted by atomic mass is 10.2. The van der Waals surface area contributed by atoms with Crippen LogP contribution in [0.4, 0.5) is 0 Å². The minimum atomic E-state index is 0.0504. The molecule has 0 bridgehead atoms. The van der Waals surface area contributed by atoms with Gasteiger partial charge in [0.1, 0.15) is 5.76 Å². The fraction of sp³-hybridized carbons (Fsp3) is 0.526. The lowest BCUT2D eigenvalue weighted by Gasteiger charge is -2.05. The minimum absolute atomic E-state index is 0.0504. The molecule has 0 saturated heterocycles. The fourth-order valence-corrected chi connectivity index (χ4v) is 1.44. The summed E-state index contributed by atoms with van der Waals surface area (Å²) in [6.45, 7) is 10.5. The molecule has 0 aliphatic heterocycles. The van der Waals surface area contributed by atoms with Crippen LogP contribution in [0.1, 0.15) is 60.3 Å². The molecule has 21 heavy (non-hydrogen) atoms. The third kappa shape index (κ3) is 18.4. The maximum absolute atomic E-state index is 10.7. The third-order valence-electron chi connectivity index (χ3n) is 2.41. The maximum Gasteiger partial charge on any atom is 0.152 e. The van der Waals surface area contributed by atoms with Crippen molar-refractivity contribution in [1.29, 1.82) is 0 Å². The standard InChI is InChI=1S/C17H26O2.C2H6/c1-4-6-7-11-15-19-17(12-5-2)14-10-8-9-13-16(3)18;1-2/h5,8-10,12-14H,4,6-7,11,15H2,1-3H3;1-2H3/b10-8+,12-5-,13-9+,17-14+;. The Bertz CT molecular complexity index is 347. The number of ketones is 1. The minimum Gasteiger partial charge on any atom is -0.494 e. The largest absolute Gasteiger partial charge is 0.494 e. The zero-order valence-corrected chi connectivity index (χ0v) is 14.4. The summed E-state index contributed by atoms with van der Waals surface area (Å²) in [6, 6.07) is 0. The maximum atomic E-state index is 10.7. The normalized spacial score (nSPS) is 12.0. The summed E-state index contributed by atoms with van der Waals surface area (Å²) in [4.78, 5) is 10.7. The average Bonchev–Trinajstić information content (AvgIpc) is 2.48. The molecular formula is C19H32O2. The number of carbonyl (C=O) groups excluding carboxylic acids is 1. The molecule has 0 aliphatic carbocycles. The van der Waals surface area contributed by atoms with Crippen molar-refractivity contribution in [2.45, 2.75) is 60.3 Å². The summed E-state index contributed by atoms with van der Waals surface area (Å²) in [7, 11) is 0. The molecule has 120 valence electrons. The molecule has 0 atom stereocenters. The van der Waals surface area contributed by atoms with Crippen molar-refractivity contribution in [3.05, 3.63) is 48.3 Å². The first-order chi connectivity index (χ1) is 10.2. The quantitative estimate of drug-likeness (QED) is 0.221. The van der Waals surface area contributed by atoms with Crippen molar-refractivity contribution in [1.82, 2.24) is 0 Å². The Balaban J connectivity index is 0. The molecule has 0 aliphatic rings. The molecule has 0 heterocycles. The lowest BCUT2D eigenvalue weighted by Crippen LogP contribution is -1.93. The fourth-order valence-electron chi connectivity index (χ4n) is 1.44. The molecule has 0 unspecified atom stereocenters. The molecule has 0 spiro atoms. The number of hydrogen-bond acceptors (Lipinski definition) is 2. The lowest BCUT2D eigenvalue weighted by molar-refractivity contribution is -0.112. The van der Waals surface area contributed by atoms with Crippen LogP contribution in [-0.4, -0.2) is 12.4 Å². The van der Waals surface area contributed by atoms with E-state index in [4.69, 9.17) is 4.74 Å². The first-order valence-corrected chi connectivity index (χ1v) is 8.01. The van der Waals surface area contributed by atoms with Gasteiger partial charge in [-0.2, -0.15) is 0 Å². The number of unbranched alkanes of at least 4 members (excludes halogenated alkanes) is 3. The molecule has 0 saturated carbocycles. The number of carbonyl (C=O) groups is 1. The number of ether oxygens (including phenoxy) is 1. The molecule has 0 aromatic heterocycles. The smallest absolute Gasteiger partial charge is 0.152 e. The zero-order valence-electron chi connectivity index (χ0n) is 14.4. The van der Waals surface area contributed by atoms with Gasteiger partial charge >= 0.3 is 0 Å². The van der Waals surface area contributed by atoms with E-state index >= 15 is 0 Å². The van der Waals surface area contributed by atoms with E-state index < -0.39 is 0 Å². The van der Waals surface area contributed by atoms with Crippen molar-refractivity contribution in [2.75, 3.05) is 6.61 Å². The van der Waals surface area contributed by atoms with E-state index in [1.165, 1.54) is 32.3 Å². The Kier molecular flexibility index (Phi) is 19.1. The van der Waals surface area contributed by atoms with Crippen molar-refractivity contribution in [3.63, 3.8) is 0 Å². The van der Waals surface area contributed by atoms with Gasteiger partial charge in [-0.05, 0) is 38.5 Å². The van der Waals surface area contributed by atoms with Crippen LogP contribution in [0, 0.1) is 0 Å². The van der Waals surface area contributed by atoms with Crippen LogP contribution in [0.5, 0.6) is 0 Å². The SMILES string of the molecule is CC.C\C=C/C(=C\C=C\C=C\C(C)=O)OCCCCCC. The van der Waals surface area contributed by atoms with Gasteiger partial charge in [0, 0.05) is 0 Å². The topological polar surface area (TPSA) is 26.3 Å². The van der Waals surface area contributed by atoms with Crippen LogP contribution in [-0.2, 0) is 9.53 Å². The second-order valence-electron chi connectivity index (χ2n) is 4.33. The van der Waals surface area contributed by atoms with Crippen molar-refractivity contribution in [2.24, 2.45) is 0 Å². The Labute approximate surface area is 131 Å². The molecule has 0 rings (SSSR count). The highest BCUT2D eigenvalue weighted by Gasteiger charge is 1.92. The summed E-state index contributed by atoms with van der Waals surface area (Å²) >= 11 is 0. The highest BCUT2D eigenvalue weighted by molar-refractivity contribution is 5.87. The molecule has 0 N–H and O–H groups in total. The van der Waals surface area contributed by atoms with Gasteiger partial charge in [0.15, 0.2) is 5.78 Å². The van der Waals surface area contributed by atoms with Gasteiger partial charge in [0.25, 0.3) is 0 Å². The molecule has 0 radical (unpaired) electrons. The van der Waals surface area contributed by atoms with Crippen molar-refractivity contribution >= 4 is 5.78 Å². The number of allylic oxidation sites excluding steroid dienone is 7. The van der Waals surface area contributed by atoms with Crippen LogP contribution in [0.25, 0.3) is 0 Å². The van der Waals surface area contributed by atoms with Crippen molar-refractivity contribution in [3.8, 4) is 0 Å². The highest BCUT2D eigenvalue weighted by atomic mass is 16.5. The van der Waals surface area contributed by atoms with Gasteiger partial charge in [0.2, 0.25) is 0 Å². The van der Waals surface area contributed by atoms with Crippen LogP contribution < -0.4 is 0 Å². The van der Waals surface area contributed by atoms with Gasteiger partial charge in [-0.3, -0.25) is 4.79 Å². The van der Waals surface area contributed by atoms with Gasteiger partial charge in [-0.1, -0.05) is 64.3 Å². The Morgan fingerprint density at radius 1 is 1.00 bits per heavy atom. The van der Waals surface area contributed by atoms with E-state index in [9.17, 15) is 4.79 Å². The molecule has 0 aromatic rings. The predicted molar refractivity (Wildman–Crippen MR) is 93.3 cm³/mol. The highest BCUT2D eigenvalue weighted by Crippen LogP contribution is 2.05. The van der Waals surface area contributed by atoms with E-state index in [1.807, 2.05) is 51.2 Å². The van der Waals surface area contributed by atoms with Gasteiger partial charge < -0.3 is 4.74 Å². The summed E-state index contributed by atoms with van der Waals surface area (Å²) in [5.74, 6) is 0.904. The number of rotatable bonds is 10. The Hall–Kier alpha value is -1.57. The second-order valence-corrected chi connectivity index (χ2v) is 4.33. The summed E-state index contributed by atoms with van der Waals surface area (Å²) in [5.41, 5.74) is 0. The van der Waals surface area contributed by atoms with Crippen LogP contribution in [0.15, 0.2) is 48.3 Å². The van der Waals surface area contributed by atoms with E-state index in [2.05, 4.69) is 6.92 Å². The first-order valence-electron chi connectivity index (χ1n) is 8.01. The van der Waals surface area contributed by atoms with E-state index in [1.54, 1.807) is 6.08 Å². The zero-order chi connectivity index (χ0) is 16.3. The first kappa shape index (κ1) is 21.7. The van der Waals surface area contributed by atoms with Gasteiger partial charge in [-0.15, -0.1) is 0 Å². The van der Waals surface area contributed by atoms with E-state index in [0.29, 0.717) is 0 Å². The van der Waals surface area contributed by atoms with Gasteiger partial charge in [0.05, 0.1) is 6.61 Å². The van der Waals surface area contributed by atoms with Gasteiger partial charge in [-0.25, -0.2) is 0 Å². The molecule has 2 heteroatoms. The summed E-state index contributed by atoms with van der Waals surface area (Å²) < 4.78 is 5.69. The van der Waals surface area contributed by atoms with E-state index in [0.717, 1.165) is 18.8 Å². The predicted octanol–water partition coefficient (Wildman–Crippen LogP) is 5.77. The summed E-state index contributed by atoms with van der Waals surface area (Å²) in [6.07, 6.45) is 17.6. The number of hydrogen-bond donors (Lipinski definition) is 0.